The van der Waals surface area contributed by atoms with Gasteiger partial charge in [-0.2, -0.15) is 0 Å². The van der Waals surface area contributed by atoms with Crippen LogP contribution in [0.25, 0.3) is 0 Å². The maximum Gasteiger partial charge on any atom is 0.287 e. The fraction of sp³-hybridized carbons (Fsp3) is 0.385. The van der Waals surface area contributed by atoms with E-state index in [0.717, 1.165) is 18.0 Å². The van der Waals surface area contributed by atoms with Crippen molar-refractivity contribution in [1.82, 2.24) is 15.2 Å². The Bertz CT molecular complexity index is 977. The fourth-order valence-corrected chi connectivity index (χ4v) is 4.31. The molecule has 0 aliphatic heterocycles. The predicted octanol–water partition coefficient (Wildman–Crippen LogP) is 5.25. The summed E-state index contributed by atoms with van der Waals surface area (Å²) in [6.07, 6.45) is 8.08. The molecule has 1 saturated carbocycles. The number of nitrogens with zero attached hydrogens (tertiary/aromatic N) is 2. The van der Waals surface area contributed by atoms with Crippen molar-refractivity contribution >= 4 is 5.91 Å². The van der Waals surface area contributed by atoms with Crippen molar-refractivity contribution in [2.45, 2.75) is 64.7 Å². The Kier molecular flexibility index (Phi) is 7.15. The maximum atomic E-state index is 12.5. The molecule has 0 unspecified atom stereocenters. The Morgan fingerprint density at radius 3 is 2.61 bits per heavy atom. The monoisotopic (exact) mass is 417 g/mol. The van der Waals surface area contributed by atoms with E-state index in [0.29, 0.717) is 24.9 Å². The number of hydrogen-bond donors (Lipinski definition) is 1. The molecule has 4 rings (SSSR count). The van der Waals surface area contributed by atoms with E-state index in [4.69, 9.17) is 4.42 Å². The van der Waals surface area contributed by atoms with E-state index < -0.39 is 0 Å². The molecule has 5 heteroatoms. The van der Waals surface area contributed by atoms with Gasteiger partial charge in [-0.25, -0.2) is 0 Å². The Balaban J connectivity index is 1.42. The molecule has 0 radical (unpaired) electrons. The number of carbonyl (C=O) groups is 1. The van der Waals surface area contributed by atoms with Gasteiger partial charge in [0.1, 0.15) is 5.76 Å². The van der Waals surface area contributed by atoms with Crippen molar-refractivity contribution in [3.63, 3.8) is 0 Å². The van der Waals surface area contributed by atoms with Crippen LogP contribution in [-0.4, -0.2) is 21.8 Å². The molecular formula is C26H31N3O2. The number of pyridine rings is 1. The van der Waals surface area contributed by atoms with Gasteiger partial charge in [0.15, 0.2) is 5.76 Å². The van der Waals surface area contributed by atoms with Crippen LogP contribution in [0.4, 0.5) is 0 Å². The average molecular weight is 418 g/mol. The summed E-state index contributed by atoms with van der Waals surface area (Å²) in [5.41, 5.74) is 3.50. The Morgan fingerprint density at radius 1 is 1.03 bits per heavy atom. The third kappa shape index (κ3) is 5.82. The minimum atomic E-state index is -0.208. The van der Waals surface area contributed by atoms with Crippen molar-refractivity contribution in [3.8, 4) is 0 Å². The van der Waals surface area contributed by atoms with E-state index in [9.17, 15) is 4.79 Å². The van der Waals surface area contributed by atoms with Crippen LogP contribution in [0.1, 0.15) is 65.2 Å². The molecule has 2 heterocycles. The number of furan rings is 1. The van der Waals surface area contributed by atoms with Crippen molar-refractivity contribution < 1.29 is 9.21 Å². The summed E-state index contributed by atoms with van der Waals surface area (Å²) in [5.74, 6) is 0.979. The summed E-state index contributed by atoms with van der Waals surface area (Å²) in [6, 6.07) is 18.5. The zero-order valence-corrected chi connectivity index (χ0v) is 18.2. The third-order valence-corrected chi connectivity index (χ3v) is 6.13. The summed E-state index contributed by atoms with van der Waals surface area (Å²) < 4.78 is 5.95. The molecular weight excluding hydrogens is 386 g/mol. The van der Waals surface area contributed by atoms with Crippen molar-refractivity contribution in [3.05, 3.63) is 89.1 Å². The van der Waals surface area contributed by atoms with Gasteiger partial charge in [0.05, 0.1) is 18.8 Å². The van der Waals surface area contributed by atoms with Crippen molar-refractivity contribution in [1.29, 1.82) is 0 Å². The average Bonchev–Trinajstić information content (AvgIpc) is 3.28. The molecule has 2 aromatic heterocycles. The quantitative estimate of drug-likeness (QED) is 0.544. The first kappa shape index (κ1) is 21.3. The van der Waals surface area contributed by atoms with Crippen LogP contribution >= 0.6 is 0 Å². The van der Waals surface area contributed by atoms with E-state index in [1.165, 1.54) is 43.2 Å². The van der Waals surface area contributed by atoms with E-state index in [-0.39, 0.29) is 5.91 Å². The highest BCUT2D eigenvalue weighted by Gasteiger charge is 2.23. The van der Waals surface area contributed by atoms with Crippen LogP contribution in [-0.2, 0) is 19.6 Å². The molecule has 0 atom stereocenters. The number of carbonyl (C=O) groups excluding carboxylic acids is 1. The summed E-state index contributed by atoms with van der Waals surface area (Å²) in [5, 5.41) is 2.88. The molecule has 1 fully saturated rings. The first-order chi connectivity index (χ1) is 15.2. The van der Waals surface area contributed by atoms with Gasteiger partial charge >= 0.3 is 0 Å². The van der Waals surface area contributed by atoms with Crippen LogP contribution in [0.15, 0.2) is 65.2 Å². The normalized spacial score (nSPS) is 14.6. The number of hydrogen-bond acceptors (Lipinski definition) is 4. The number of rotatable bonds is 8. The van der Waals surface area contributed by atoms with Crippen LogP contribution in [0.5, 0.6) is 0 Å². The summed E-state index contributed by atoms with van der Waals surface area (Å²) in [7, 11) is 0. The van der Waals surface area contributed by atoms with Gasteiger partial charge < -0.3 is 9.73 Å². The summed E-state index contributed by atoms with van der Waals surface area (Å²) >= 11 is 0. The van der Waals surface area contributed by atoms with Crippen LogP contribution in [0.3, 0.4) is 0 Å². The second kappa shape index (κ2) is 10.4. The molecule has 3 aromatic rings. The van der Waals surface area contributed by atoms with Crippen molar-refractivity contribution in [2.75, 3.05) is 0 Å². The van der Waals surface area contributed by atoms with Gasteiger partial charge in [-0.1, -0.05) is 49.6 Å². The standard InChI is InChI=1S/C26H31N3O2/c1-20-9-5-6-10-21(20)18-29(23-12-3-2-4-13-23)19-24-14-15-25(31-24)26(30)28-17-22-11-7-8-16-27-22/h5-11,14-16,23H,2-4,12-13,17-19H2,1H3,(H,28,30). The summed E-state index contributed by atoms with van der Waals surface area (Å²) in [6.45, 7) is 4.17. The molecule has 0 spiro atoms. The van der Waals surface area contributed by atoms with E-state index in [2.05, 4.69) is 46.4 Å². The SMILES string of the molecule is Cc1ccccc1CN(Cc1ccc(C(=O)NCc2ccccn2)o1)C1CCCCC1. The molecule has 0 bridgehead atoms. The number of aryl methyl sites for hydroxylation is 1. The Hall–Kier alpha value is -2.92. The first-order valence-corrected chi connectivity index (χ1v) is 11.2. The molecule has 5 nitrogen and oxygen atoms in total. The molecule has 1 aliphatic carbocycles. The van der Waals surface area contributed by atoms with Gasteiger partial charge in [-0.15, -0.1) is 0 Å². The number of benzene rings is 1. The largest absolute Gasteiger partial charge is 0.455 e. The molecule has 1 amide bonds. The molecule has 1 N–H and O–H groups in total. The van der Waals surface area contributed by atoms with Gasteiger partial charge in [0, 0.05) is 18.8 Å². The number of amides is 1. The minimum absolute atomic E-state index is 0.208. The predicted molar refractivity (Wildman–Crippen MR) is 121 cm³/mol. The van der Waals surface area contributed by atoms with E-state index in [1.807, 2.05) is 24.3 Å². The van der Waals surface area contributed by atoms with Gasteiger partial charge in [0.25, 0.3) is 5.91 Å². The zero-order chi connectivity index (χ0) is 21.5. The zero-order valence-electron chi connectivity index (χ0n) is 18.2. The summed E-state index contributed by atoms with van der Waals surface area (Å²) in [4.78, 5) is 19.3. The molecule has 162 valence electrons. The van der Waals surface area contributed by atoms with E-state index in [1.54, 1.807) is 12.3 Å². The van der Waals surface area contributed by atoms with Crippen LogP contribution < -0.4 is 5.32 Å². The van der Waals surface area contributed by atoms with Crippen LogP contribution in [0, 0.1) is 6.92 Å². The van der Waals surface area contributed by atoms with Gasteiger partial charge in [0.2, 0.25) is 0 Å². The second-order valence-electron chi connectivity index (χ2n) is 8.39. The highest BCUT2D eigenvalue weighted by molar-refractivity contribution is 5.91. The Morgan fingerprint density at radius 2 is 1.84 bits per heavy atom. The van der Waals surface area contributed by atoms with Gasteiger partial charge in [-0.05, 0) is 55.2 Å². The molecule has 0 saturated heterocycles. The van der Waals surface area contributed by atoms with Crippen LogP contribution in [0.2, 0.25) is 0 Å². The van der Waals surface area contributed by atoms with Gasteiger partial charge in [-0.3, -0.25) is 14.7 Å². The Labute approximate surface area is 184 Å². The second-order valence-corrected chi connectivity index (χ2v) is 8.39. The lowest BCUT2D eigenvalue weighted by Gasteiger charge is -2.34. The van der Waals surface area contributed by atoms with Crippen molar-refractivity contribution in [2.24, 2.45) is 0 Å². The molecule has 1 aromatic carbocycles. The molecule has 31 heavy (non-hydrogen) atoms. The smallest absolute Gasteiger partial charge is 0.287 e. The number of aromatic nitrogens is 1. The topological polar surface area (TPSA) is 58.4 Å². The third-order valence-electron chi connectivity index (χ3n) is 6.13. The molecule has 1 aliphatic rings. The number of nitrogens with one attached hydrogen (secondary N) is 1. The fourth-order valence-electron chi connectivity index (χ4n) is 4.31. The maximum absolute atomic E-state index is 12.5. The minimum Gasteiger partial charge on any atom is -0.455 e. The lowest BCUT2D eigenvalue weighted by atomic mass is 9.93. The lowest BCUT2D eigenvalue weighted by molar-refractivity contribution is 0.0912. The highest BCUT2D eigenvalue weighted by Crippen LogP contribution is 2.27. The highest BCUT2D eigenvalue weighted by atomic mass is 16.4. The first-order valence-electron chi connectivity index (χ1n) is 11.2. The van der Waals surface area contributed by atoms with E-state index >= 15 is 0 Å². The lowest BCUT2D eigenvalue weighted by Crippen LogP contribution is -2.36.